The summed E-state index contributed by atoms with van der Waals surface area (Å²) in [6.07, 6.45) is 0. The number of hydrogen-bond donors (Lipinski definition) is 6. The van der Waals surface area contributed by atoms with E-state index in [4.69, 9.17) is 29.4 Å². The van der Waals surface area contributed by atoms with Crippen LogP contribution in [0.5, 0.6) is 0 Å². The number of hydrogen-bond acceptors (Lipinski definition) is 2. The third-order valence-corrected chi connectivity index (χ3v) is 2.52. The van der Waals surface area contributed by atoms with Crippen molar-refractivity contribution in [2.24, 2.45) is 0 Å². The summed E-state index contributed by atoms with van der Waals surface area (Å²) < 4.78 is 2.27. The standard InChI is InChI=1S/2C6H5Br.Na.2H3O3PS.H/c2*7-6-4-2-1-3-5-6;;2*1-4(2,3)5;/h2*1-5H;;2*(H3,1,2,3,5);/q;;+1;;;-1. The van der Waals surface area contributed by atoms with Gasteiger partial charge in [-0.05, 0) is 47.9 Å². The Balaban J connectivity index is -0.000000123. The van der Waals surface area contributed by atoms with Crippen molar-refractivity contribution in [2.75, 3.05) is 0 Å². The van der Waals surface area contributed by atoms with Crippen LogP contribution in [0.2, 0.25) is 0 Å². The maximum atomic E-state index is 7.56. The average Bonchev–Trinajstić information content (AvgIpc) is 2.37. The quantitative estimate of drug-likeness (QED) is 0.200. The van der Waals surface area contributed by atoms with Gasteiger partial charge in [0.05, 0.1) is 0 Å². The second-order valence-electron chi connectivity index (χ2n) is 3.62. The summed E-state index contributed by atoms with van der Waals surface area (Å²) >= 11 is 13.8. The Morgan fingerprint density at radius 2 is 0.760 bits per heavy atom. The smallest absolute Gasteiger partial charge is 1.00 e. The molecule has 0 atom stereocenters. The van der Waals surface area contributed by atoms with Crippen LogP contribution in [0.25, 0.3) is 0 Å². The zero-order chi connectivity index (χ0) is 19.2. The Morgan fingerprint density at radius 1 is 0.600 bits per heavy atom. The van der Waals surface area contributed by atoms with Crippen LogP contribution in [-0.4, -0.2) is 29.4 Å². The fourth-order valence-corrected chi connectivity index (χ4v) is 1.44. The van der Waals surface area contributed by atoms with E-state index in [1.165, 1.54) is 0 Å². The molecule has 25 heavy (non-hydrogen) atoms. The van der Waals surface area contributed by atoms with E-state index in [9.17, 15) is 0 Å². The Labute approximate surface area is 197 Å². The van der Waals surface area contributed by atoms with Crippen molar-refractivity contribution in [1.82, 2.24) is 0 Å². The summed E-state index contributed by atoms with van der Waals surface area (Å²) in [4.78, 5) is 45.3. The number of halogens is 2. The summed E-state index contributed by atoms with van der Waals surface area (Å²) in [5.41, 5.74) is 0. The van der Waals surface area contributed by atoms with E-state index in [1.807, 2.05) is 60.7 Å². The van der Waals surface area contributed by atoms with Gasteiger partial charge in [0.2, 0.25) is 0 Å². The van der Waals surface area contributed by atoms with Crippen LogP contribution in [0.3, 0.4) is 0 Å². The van der Waals surface area contributed by atoms with Crippen molar-refractivity contribution < 1.29 is 60.3 Å². The summed E-state index contributed by atoms with van der Waals surface area (Å²) in [5.74, 6) is 0. The third kappa shape index (κ3) is 46.0. The molecule has 0 unspecified atom stereocenters. The van der Waals surface area contributed by atoms with Crippen molar-refractivity contribution in [3.05, 3.63) is 69.6 Å². The Hall–Kier alpha value is 1.46. The fourth-order valence-electron chi connectivity index (χ4n) is 0.829. The maximum Gasteiger partial charge on any atom is 1.00 e. The molecule has 0 heterocycles. The third-order valence-electron chi connectivity index (χ3n) is 1.47. The van der Waals surface area contributed by atoms with E-state index >= 15 is 0 Å². The van der Waals surface area contributed by atoms with E-state index in [-0.39, 0.29) is 31.0 Å². The normalized spacial score (nSPS) is 9.60. The van der Waals surface area contributed by atoms with E-state index in [0.29, 0.717) is 0 Å². The molecule has 6 N–H and O–H groups in total. The molecule has 0 saturated carbocycles. The van der Waals surface area contributed by atoms with Crippen LogP contribution < -0.4 is 29.6 Å². The topological polar surface area (TPSA) is 121 Å². The Morgan fingerprint density at radius 3 is 0.840 bits per heavy atom. The molecule has 0 aromatic heterocycles. The molecule has 2 aromatic carbocycles. The number of benzene rings is 2. The fraction of sp³-hybridized carbons (Fsp3) is 0. The molecular weight excluding hydrogens is 549 g/mol. The van der Waals surface area contributed by atoms with Gasteiger partial charge in [-0.1, -0.05) is 68.3 Å². The van der Waals surface area contributed by atoms with Gasteiger partial charge in [0.25, 0.3) is 0 Å². The molecule has 0 aliphatic carbocycles. The minimum absolute atomic E-state index is 0. The Kier molecular flexibility index (Phi) is 21.9. The van der Waals surface area contributed by atoms with Gasteiger partial charge in [0, 0.05) is 8.95 Å². The van der Waals surface area contributed by atoms with Gasteiger partial charge in [0.15, 0.2) is 0 Å². The first-order valence-electron chi connectivity index (χ1n) is 5.76. The van der Waals surface area contributed by atoms with Crippen molar-refractivity contribution in [3.63, 3.8) is 0 Å². The minimum atomic E-state index is -3.81. The van der Waals surface area contributed by atoms with Crippen molar-refractivity contribution in [2.45, 2.75) is 0 Å². The van der Waals surface area contributed by atoms with Crippen LogP contribution in [0, 0.1) is 0 Å². The van der Waals surface area contributed by atoms with Crippen LogP contribution in [0.1, 0.15) is 1.43 Å². The van der Waals surface area contributed by atoms with Crippen LogP contribution >= 0.6 is 45.3 Å². The average molecular weight is 566 g/mol. The zero-order valence-corrected chi connectivity index (χ0v) is 21.5. The van der Waals surface area contributed by atoms with Crippen LogP contribution in [-0.2, 0) is 23.6 Å². The van der Waals surface area contributed by atoms with Gasteiger partial charge in [-0.3, -0.25) is 0 Å². The van der Waals surface area contributed by atoms with Gasteiger partial charge in [-0.15, -0.1) is 0 Å². The molecule has 6 nitrogen and oxygen atoms in total. The largest absolute Gasteiger partial charge is 1.00 e. The van der Waals surface area contributed by atoms with Gasteiger partial charge < -0.3 is 30.8 Å². The van der Waals surface area contributed by atoms with Gasteiger partial charge in [-0.25, -0.2) is 0 Å². The first kappa shape index (κ1) is 31.2. The van der Waals surface area contributed by atoms with Crippen molar-refractivity contribution in [1.29, 1.82) is 0 Å². The van der Waals surface area contributed by atoms with Gasteiger partial charge >= 0.3 is 43.0 Å². The van der Waals surface area contributed by atoms with Gasteiger partial charge in [0.1, 0.15) is 0 Å². The minimum Gasteiger partial charge on any atom is -1.00 e. The summed E-state index contributed by atoms with van der Waals surface area (Å²) in [5, 5.41) is 0. The predicted molar refractivity (Wildman–Crippen MR) is 111 cm³/mol. The molecule has 0 aliphatic heterocycles. The van der Waals surface area contributed by atoms with Gasteiger partial charge in [-0.2, -0.15) is 0 Å². The summed E-state index contributed by atoms with van der Waals surface area (Å²) in [6.45, 7) is -7.61. The molecular formula is C12H17Br2NaO6P2S2. The van der Waals surface area contributed by atoms with E-state index in [0.717, 1.165) is 8.95 Å². The predicted octanol–water partition coefficient (Wildman–Crippen LogP) is 0.390. The molecule has 0 radical (unpaired) electrons. The zero-order valence-electron chi connectivity index (χ0n) is 13.9. The van der Waals surface area contributed by atoms with Crippen LogP contribution in [0.15, 0.2) is 69.6 Å². The van der Waals surface area contributed by atoms with Crippen LogP contribution in [0.4, 0.5) is 0 Å². The molecule has 0 aliphatic rings. The molecule has 0 bridgehead atoms. The van der Waals surface area contributed by atoms with Crippen molar-refractivity contribution >= 4 is 68.9 Å². The molecule has 2 aromatic rings. The van der Waals surface area contributed by atoms with E-state index < -0.39 is 13.4 Å². The molecule has 0 fully saturated rings. The SMILES string of the molecule is Brc1ccccc1.Brc1ccccc1.OP(O)(O)=S.OP(O)(O)=S.[H-].[Na+]. The van der Waals surface area contributed by atoms with E-state index in [2.05, 4.69) is 55.5 Å². The first-order valence-corrected chi connectivity index (χ1v) is 12.7. The molecule has 138 valence electrons. The first-order chi connectivity index (χ1) is 10.8. The summed E-state index contributed by atoms with van der Waals surface area (Å²) in [7, 11) is 0. The molecule has 0 amide bonds. The second kappa shape index (κ2) is 17.6. The molecule has 13 heteroatoms. The molecule has 0 spiro atoms. The second-order valence-corrected chi connectivity index (χ2v) is 10.4. The summed E-state index contributed by atoms with van der Waals surface area (Å²) in [6, 6.07) is 19.9. The maximum absolute atomic E-state index is 7.56. The number of rotatable bonds is 0. The van der Waals surface area contributed by atoms with E-state index in [1.54, 1.807) is 0 Å². The Bertz CT molecular complexity index is 575. The van der Waals surface area contributed by atoms with Crippen molar-refractivity contribution in [3.8, 4) is 0 Å². The molecule has 2 rings (SSSR count). The monoisotopic (exact) mass is 564 g/mol. The molecule has 0 saturated heterocycles.